The van der Waals surface area contributed by atoms with Gasteiger partial charge in [-0.3, -0.25) is 10.1 Å². The summed E-state index contributed by atoms with van der Waals surface area (Å²) in [5.74, 6) is 0. The number of hydrogen-bond acceptors (Lipinski definition) is 4. The molecule has 1 saturated carbocycles. The minimum atomic E-state index is -0.461. The van der Waals surface area contributed by atoms with Gasteiger partial charge in [0.25, 0.3) is 5.69 Å². The molecular formula is C11H14ClN3O2. The third kappa shape index (κ3) is 2.68. The molecule has 2 atom stereocenters. The predicted molar refractivity (Wildman–Crippen MR) is 67.3 cm³/mol. The van der Waals surface area contributed by atoms with Crippen LogP contribution in [0.5, 0.6) is 0 Å². The Balaban J connectivity index is 2.14. The molecule has 1 aliphatic rings. The topological polar surface area (TPSA) is 81.2 Å². The van der Waals surface area contributed by atoms with Crippen molar-refractivity contribution >= 4 is 23.0 Å². The van der Waals surface area contributed by atoms with Crippen molar-refractivity contribution in [2.24, 2.45) is 5.73 Å². The first-order valence-corrected chi connectivity index (χ1v) is 5.92. The van der Waals surface area contributed by atoms with Crippen LogP contribution in [0.1, 0.15) is 19.3 Å². The van der Waals surface area contributed by atoms with Crippen molar-refractivity contribution in [3.63, 3.8) is 0 Å². The van der Waals surface area contributed by atoms with Crippen LogP contribution in [0.15, 0.2) is 18.2 Å². The minimum absolute atomic E-state index is 0.00345. The van der Waals surface area contributed by atoms with E-state index in [1.54, 1.807) is 6.07 Å². The number of halogens is 1. The number of non-ortho nitro benzene ring substituents is 1. The van der Waals surface area contributed by atoms with E-state index < -0.39 is 4.92 Å². The maximum atomic E-state index is 10.6. The van der Waals surface area contributed by atoms with E-state index in [0.717, 1.165) is 19.3 Å². The highest BCUT2D eigenvalue weighted by Crippen LogP contribution is 2.29. The van der Waals surface area contributed by atoms with Gasteiger partial charge in [0.05, 0.1) is 15.6 Å². The molecule has 0 saturated heterocycles. The van der Waals surface area contributed by atoms with Gasteiger partial charge in [-0.1, -0.05) is 11.6 Å². The van der Waals surface area contributed by atoms with Crippen LogP contribution in [0.25, 0.3) is 0 Å². The van der Waals surface area contributed by atoms with Crippen molar-refractivity contribution in [3.8, 4) is 0 Å². The molecule has 0 spiro atoms. The van der Waals surface area contributed by atoms with Gasteiger partial charge in [0.1, 0.15) is 0 Å². The highest BCUT2D eigenvalue weighted by Gasteiger charge is 2.24. The second-order valence-corrected chi connectivity index (χ2v) is 4.67. The fourth-order valence-electron chi connectivity index (χ4n) is 2.10. The van der Waals surface area contributed by atoms with E-state index in [1.165, 1.54) is 12.1 Å². The van der Waals surface area contributed by atoms with Gasteiger partial charge in [0, 0.05) is 24.2 Å². The molecule has 6 heteroatoms. The van der Waals surface area contributed by atoms with E-state index in [9.17, 15) is 10.1 Å². The molecular weight excluding hydrogens is 242 g/mol. The molecule has 2 unspecified atom stereocenters. The Bertz CT molecular complexity index is 439. The summed E-state index contributed by atoms with van der Waals surface area (Å²) in [6.45, 7) is 0. The fraction of sp³-hybridized carbons (Fsp3) is 0.455. The second-order valence-electron chi connectivity index (χ2n) is 4.27. The van der Waals surface area contributed by atoms with Crippen LogP contribution in [0.3, 0.4) is 0 Å². The van der Waals surface area contributed by atoms with Crippen LogP contribution in [0.2, 0.25) is 5.02 Å². The number of hydrogen-bond donors (Lipinski definition) is 2. The quantitative estimate of drug-likeness (QED) is 0.642. The molecule has 2 rings (SSSR count). The molecule has 0 bridgehead atoms. The van der Waals surface area contributed by atoms with E-state index in [1.807, 2.05) is 0 Å². The maximum Gasteiger partial charge on any atom is 0.271 e. The Labute approximate surface area is 104 Å². The Morgan fingerprint density at radius 3 is 2.76 bits per heavy atom. The van der Waals surface area contributed by atoms with Gasteiger partial charge in [-0.15, -0.1) is 0 Å². The normalized spacial score (nSPS) is 23.6. The average molecular weight is 256 g/mol. The van der Waals surface area contributed by atoms with Crippen LogP contribution in [0, 0.1) is 10.1 Å². The molecule has 0 heterocycles. The van der Waals surface area contributed by atoms with Crippen molar-refractivity contribution in [2.45, 2.75) is 31.3 Å². The van der Waals surface area contributed by atoms with E-state index in [2.05, 4.69) is 5.32 Å². The molecule has 0 aromatic heterocycles. The lowest BCUT2D eigenvalue weighted by molar-refractivity contribution is -0.384. The first-order valence-electron chi connectivity index (χ1n) is 5.54. The van der Waals surface area contributed by atoms with Crippen LogP contribution >= 0.6 is 11.6 Å². The smallest absolute Gasteiger partial charge is 0.271 e. The third-order valence-corrected chi connectivity index (χ3v) is 3.39. The molecule has 0 radical (unpaired) electrons. The molecule has 17 heavy (non-hydrogen) atoms. The third-order valence-electron chi connectivity index (χ3n) is 3.07. The minimum Gasteiger partial charge on any atom is -0.380 e. The SMILES string of the molecule is NC1CCCC1Nc1ccc([N+](=O)[O-])cc1Cl. The summed E-state index contributed by atoms with van der Waals surface area (Å²) in [4.78, 5) is 10.1. The number of anilines is 1. The largest absolute Gasteiger partial charge is 0.380 e. The van der Waals surface area contributed by atoms with E-state index >= 15 is 0 Å². The Morgan fingerprint density at radius 2 is 2.24 bits per heavy atom. The van der Waals surface area contributed by atoms with Gasteiger partial charge in [-0.05, 0) is 25.3 Å². The number of nitro benzene ring substituents is 1. The lowest BCUT2D eigenvalue weighted by atomic mass is 10.1. The molecule has 1 aliphatic carbocycles. The summed E-state index contributed by atoms with van der Waals surface area (Å²) >= 11 is 5.99. The zero-order chi connectivity index (χ0) is 12.4. The Morgan fingerprint density at radius 1 is 1.47 bits per heavy atom. The first kappa shape index (κ1) is 12.1. The summed E-state index contributed by atoms with van der Waals surface area (Å²) in [6, 6.07) is 4.75. The van der Waals surface area contributed by atoms with Gasteiger partial charge >= 0.3 is 0 Å². The standard InChI is InChI=1S/C11H14ClN3O2/c12-8-6-7(15(16)17)4-5-10(8)14-11-3-1-2-9(11)13/h4-6,9,11,14H,1-3,13H2. The monoisotopic (exact) mass is 255 g/mol. The van der Waals surface area contributed by atoms with Crippen molar-refractivity contribution in [3.05, 3.63) is 33.3 Å². The van der Waals surface area contributed by atoms with Crippen LogP contribution in [-0.4, -0.2) is 17.0 Å². The Hall–Kier alpha value is -1.33. The van der Waals surface area contributed by atoms with Crippen molar-refractivity contribution in [2.75, 3.05) is 5.32 Å². The zero-order valence-corrected chi connectivity index (χ0v) is 9.98. The predicted octanol–water partition coefficient (Wildman–Crippen LogP) is 2.54. The number of nitrogens with zero attached hydrogens (tertiary/aromatic N) is 1. The van der Waals surface area contributed by atoms with Crippen molar-refractivity contribution in [1.82, 2.24) is 0 Å². The molecule has 0 amide bonds. The fourth-order valence-corrected chi connectivity index (χ4v) is 2.33. The first-order chi connectivity index (χ1) is 8.08. The summed E-state index contributed by atoms with van der Waals surface area (Å²) in [5, 5.41) is 14.2. The van der Waals surface area contributed by atoms with Gasteiger partial charge in [0.15, 0.2) is 0 Å². The number of nitrogens with one attached hydrogen (secondary N) is 1. The number of benzene rings is 1. The highest BCUT2D eigenvalue weighted by molar-refractivity contribution is 6.33. The van der Waals surface area contributed by atoms with Crippen LogP contribution in [-0.2, 0) is 0 Å². The molecule has 0 aliphatic heterocycles. The van der Waals surface area contributed by atoms with E-state index in [0.29, 0.717) is 10.7 Å². The molecule has 3 N–H and O–H groups in total. The van der Waals surface area contributed by atoms with Crippen LogP contribution < -0.4 is 11.1 Å². The summed E-state index contributed by atoms with van der Waals surface area (Å²) in [7, 11) is 0. The molecule has 1 aromatic carbocycles. The van der Waals surface area contributed by atoms with Gasteiger partial charge < -0.3 is 11.1 Å². The summed E-state index contributed by atoms with van der Waals surface area (Å²) in [5.41, 5.74) is 6.65. The van der Waals surface area contributed by atoms with Gasteiger partial charge in [0.2, 0.25) is 0 Å². The van der Waals surface area contributed by atoms with Crippen molar-refractivity contribution in [1.29, 1.82) is 0 Å². The van der Waals surface area contributed by atoms with Gasteiger partial charge in [-0.2, -0.15) is 0 Å². The molecule has 1 aromatic rings. The van der Waals surface area contributed by atoms with Gasteiger partial charge in [-0.25, -0.2) is 0 Å². The summed E-state index contributed by atoms with van der Waals surface area (Å²) in [6.07, 6.45) is 3.11. The summed E-state index contributed by atoms with van der Waals surface area (Å²) < 4.78 is 0. The Kier molecular flexibility index (Phi) is 3.49. The van der Waals surface area contributed by atoms with Crippen LogP contribution in [0.4, 0.5) is 11.4 Å². The van der Waals surface area contributed by atoms with E-state index in [4.69, 9.17) is 17.3 Å². The lowest BCUT2D eigenvalue weighted by Crippen LogP contribution is -2.35. The molecule has 92 valence electrons. The molecule has 1 fully saturated rings. The van der Waals surface area contributed by atoms with Crippen molar-refractivity contribution < 1.29 is 4.92 Å². The maximum absolute atomic E-state index is 10.6. The number of nitro groups is 1. The second kappa shape index (κ2) is 4.89. The average Bonchev–Trinajstić information content (AvgIpc) is 2.67. The lowest BCUT2D eigenvalue weighted by Gasteiger charge is -2.19. The molecule has 5 nitrogen and oxygen atoms in total. The number of rotatable bonds is 3. The number of nitrogens with two attached hydrogens (primary N) is 1. The van der Waals surface area contributed by atoms with E-state index in [-0.39, 0.29) is 17.8 Å². The highest BCUT2D eigenvalue weighted by atomic mass is 35.5. The zero-order valence-electron chi connectivity index (χ0n) is 9.23.